The number of hydrogen-bond donors (Lipinski definition) is 3. The van der Waals surface area contributed by atoms with Gasteiger partial charge >= 0.3 is 0 Å². The molecule has 2 unspecified atom stereocenters. The summed E-state index contributed by atoms with van der Waals surface area (Å²) in [5.41, 5.74) is 1.58. The summed E-state index contributed by atoms with van der Waals surface area (Å²) < 4.78 is 0.951. The van der Waals surface area contributed by atoms with Crippen LogP contribution in [0.1, 0.15) is 17.2 Å². The minimum atomic E-state index is -1.13. The molecule has 0 heterocycles. The molecule has 0 aliphatic heterocycles. The van der Waals surface area contributed by atoms with Crippen molar-refractivity contribution in [3.05, 3.63) is 33.8 Å². The lowest BCUT2D eigenvalue weighted by atomic mass is 10.0. The van der Waals surface area contributed by atoms with Gasteiger partial charge in [-0.25, -0.2) is 0 Å². The van der Waals surface area contributed by atoms with Gasteiger partial charge in [-0.1, -0.05) is 28.1 Å². The van der Waals surface area contributed by atoms with Crippen LogP contribution in [0.15, 0.2) is 22.7 Å². The highest BCUT2D eigenvalue weighted by Crippen LogP contribution is 2.22. The molecule has 4 heteroatoms. The lowest BCUT2D eigenvalue weighted by Crippen LogP contribution is -2.22. The average Bonchev–Trinajstić information content (AvgIpc) is 2.20. The number of aryl methyl sites for hydroxylation is 1. The lowest BCUT2D eigenvalue weighted by Gasteiger charge is -2.16. The Labute approximate surface area is 91.1 Å². The van der Waals surface area contributed by atoms with Crippen LogP contribution in [0.2, 0.25) is 0 Å². The van der Waals surface area contributed by atoms with Crippen molar-refractivity contribution in [2.24, 2.45) is 0 Å². The SMILES string of the molecule is Cc1cc(C(O)C(O)CO)ccc1Br. The van der Waals surface area contributed by atoms with Crippen LogP contribution in [0, 0.1) is 6.92 Å². The van der Waals surface area contributed by atoms with Gasteiger partial charge in [0.2, 0.25) is 0 Å². The molecule has 3 nitrogen and oxygen atoms in total. The van der Waals surface area contributed by atoms with E-state index in [1.54, 1.807) is 18.2 Å². The van der Waals surface area contributed by atoms with E-state index >= 15 is 0 Å². The molecule has 1 aromatic carbocycles. The summed E-state index contributed by atoms with van der Waals surface area (Å²) >= 11 is 3.34. The fourth-order valence-electron chi connectivity index (χ4n) is 1.17. The Balaban J connectivity index is 2.91. The summed E-state index contributed by atoms with van der Waals surface area (Å²) in [7, 11) is 0. The van der Waals surface area contributed by atoms with E-state index in [0.29, 0.717) is 5.56 Å². The Kier molecular flexibility index (Phi) is 4.07. The molecule has 78 valence electrons. The summed E-state index contributed by atoms with van der Waals surface area (Å²) in [6.07, 6.45) is -2.16. The number of rotatable bonds is 3. The number of aliphatic hydroxyl groups excluding tert-OH is 3. The van der Waals surface area contributed by atoms with E-state index in [2.05, 4.69) is 15.9 Å². The molecule has 0 saturated heterocycles. The Bertz CT molecular complexity index is 314. The summed E-state index contributed by atoms with van der Waals surface area (Å²) in [6, 6.07) is 5.28. The maximum atomic E-state index is 9.58. The Hall–Kier alpha value is -0.420. The molecule has 1 aromatic rings. The van der Waals surface area contributed by atoms with Crippen LogP contribution >= 0.6 is 15.9 Å². The van der Waals surface area contributed by atoms with Crippen molar-refractivity contribution in [2.45, 2.75) is 19.1 Å². The first-order valence-electron chi connectivity index (χ1n) is 4.29. The number of benzene rings is 1. The van der Waals surface area contributed by atoms with Crippen molar-refractivity contribution in [3.8, 4) is 0 Å². The number of hydrogen-bond acceptors (Lipinski definition) is 3. The molecule has 0 radical (unpaired) electrons. The van der Waals surface area contributed by atoms with Crippen molar-refractivity contribution in [2.75, 3.05) is 6.61 Å². The Morgan fingerprint density at radius 2 is 2.00 bits per heavy atom. The van der Waals surface area contributed by atoms with Gasteiger partial charge in [-0.05, 0) is 24.1 Å². The van der Waals surface area contributed by atoms with Crippen LogP contribution in [0.3, 0.4) is 0 Å². The van der Waals surface area contributed by atoms with Crippen molar-refractivity contribution in [3.63, 3.8) is 0 Å². The predicted molar refractivity (Wildman–Crippen MR) is 56.9 cm³/mol. The molecule has 0 aromatic heterocycles. The molecule has 0 fully saturated rings. The summed E-state index contributed by atoms with van der Waals surface area (Å²) in [5.74, 6) is 0. The first-order valence-corrected chi connectivity index (χ1v) is 5.08. The van der Waals surface area contributed by atoms with Crippen LogP contribution in [0.4, 0.5) is 0 Å². The van der Waals surface area contributed by atoms with E-state index in [1.165, 1.54) is 0 Å². The molecule has 0 aliphatic carbocycles. The third-order valence-corrected chi connectivity index (χ3v) is 2.96. The fraction of sp³-hybridized carbons (Fsp3) is 0.400. The first kappa shape index (κ1) is 11.7. The molecular formula is C10H13BrO3. The molecular weight excluding hydrogens is 248 g/mol. The van der Waals surface area contributed by atoms with Gasteiger partial charge in [0, 0.05) is 4.47 Å². The number of halogens is 1. The predicted octanol–water partition coefficient (Wildman–Crippen LogP) is 1.14. The van der Waals surface area contributed by atoms with Gasteiger partial charge in [-0.15, -0.1) is 0 Å². The largest absolute Gasteiger partial charge is 0.394 e. The Morgan fingerprint density at radius 3 is 2.50 bits per heavy atom. The maximum absolute atomic E-state index is 9.58. The van der Waals surface area contributed by atoms with E-state index in [9.17, 15) is 10.2 Å². The second-order valence-corrected chi connectivity index (χ2v) is 4.06. The molecule has 0 amide bonds. The van der Waals surface area contributed by atoms with Crippen molar-refractivity contribution >= 4 is 15.9 Å². The minimum absolute atomic E-state index is 0.448. The molecule has 14 heavy (non-hydrogen) atoms. The quantitative estimate of drug-likeness (QED) is 0.764. The van der Waals surface area contributed by atoms with Gasteiger partial charge < -0.3 is 15.3 Å². The van der Waals surface area contributed by atoms with E-state index in [0.717, 1.165) is 10.0 Å². The zero-order valence-electron chi connectivity index (χ0n) is 7.81. The summed E-state index contributed by atoms with van der Waals surface area (Å²) in [5, 5.41) is 27.5. The van der Waals surface area contributed by atoms with Crippen LogP contribution in [0.5, 0.6) is 0 Å². The highest BCUT2D eigenvalue weighted by Gasteiger charge is 2.17. The highest BCUT2D eigenvalue weighted by molar-refractivity contribution is 9.10. The van der Waals surface area contributed by atoms with E-state index in [1.807, 2.05) is 6.92 Å². The summed E-state index contributed by atoms with van der Waals surface area (Å²) in [4.78, 5) is 0. The van der Waals surface area contributed by atoms with Crippen molar-refractivity contribution in [1.29, 1.82) is 0 Å². The van der Waals surface area contributed by atoms with Crippen molar-refractivity contribution in [1.82, 2.24) is 0 Å². The smallest absolute Gasteiger partial charge is 0.107 e. The van der Waals surface area contributed by atoms with Crippen LogP contribution in [-0.2, 0) is 0 Å². The van der Waals surface area contributed by atoms with Gasteiger partial charge in [0.15, 0.2) is 0 Å². The highest BCUT2D eigenvalue weighted by atomic mass is 79.9. The van der Waals surface area contributed by atoms with Gasteiger partial charge in [-0.3, -0.25) is 0 Å². The zero-order chi connectivity index (χ0) is 10.7. The standard InChI is InChI=1S/C10H13BrO3/c1-6-4-7(2-3-8(6)11)10(14)9(13)5-12/h2-4,9-10,12-14H,5H2,1H3. The van der Waals surface area contributed by atoms with Gasteiger partial charge in [0.05, 0.1) is 6.61 Å². The molecule has 3 N–H and O–H groups in total. The second kappa shape index (κ2) is 4.89. The molecule has 0 aliphatic rings. The summed E-state index contributed by atoms with van der Waals surface area (Å²) in [6.45, 7) is 1.45. The fourth-order valence-corrected chi connectivity index (χ4v) is 1.42. The van der Waals surface area contributed by atoms with E-state index < -0.39 is 18.8 Å². The van der Waals surface area contributed by atoms with Gasteiger partial charge in [0.1, 0.15) is 12.2 Å². The molecule has 0 saturated carbocycles. The van der Waals surface area contributed by atoms with Crippen LogP contribution in [0.25, 0.3) is 0 Å². The minimum Gasteiger partial charge on any atom is -0.394 e. The zero-order valence-corrected chi connectivity index (χ0v) is 9.40. The average molecular weight is 261 g/mol. The number of aliphatic hydroxyl groups is 3. The normalized spacial score (nSPS) is 15.2. The molecule has 2 atom stereocenters. The monoisotopic (exact) mass is 260 g/mol. The lowest BCUT2D eigenvalue weighted by molar-refractivity contribution is -0.0152. The van der Waals surface area contributed by atoms with Crippen LogP contribution < -0.4 is 0 Å². The maximum Gasteiger partial charge on any atom is 0.107 e. The van der Waals surface area contributed by atoms with Crippen molar-refractivity contribution < 1.29 is 15.3 Å². The first-order chi connectivity index (χ1) is 6.56. The third kappa shape index (κ3) is 2.54. The van der Waals surface area contributed by atoms with Gasteiger partial charge in [0.25, 0.3) is 0 Å². The van der Waals surface area contributed by atoms with Gasteiger partial charge in [-0.2, -0.15) is 0 Å². The molecule has 0 bridgehead atoms. The second-order valence-electron chi connectivity index (χ2n) is 3.20. The molecule has 1 rings (SSSR count). The third-order valence-electron chi connectivity index (χ3n) is 2.08. The van der Waals surface area contributed by atoms with Crippen LogP contribution in [-0.4, -0.2) is 28.0 Å². The Morgan fingerprint density at radius 1 is 1.36 bits per heavy atom. The van der Waals surface area contributed by atoms with E-state index in [4.69, 9.17) is 5.11 Å². The molecule has 0 spiro atoms. The topological polar surface area (TPSA) is 60.7 Å². The van der Waals surface area contributed by atoms with E-state index in [-0.39, 0.29) is 0 Å².